The van der Waals surface area contributed by atoms with Crippen LogP contribution in [0, 0.1) is 0 Å². The molecule has 62 valence electrons. The number of aryl methyl sites for hydroxylation is 1. The lowest BCUT2D eigenvalue weighted by atomic mass is 10.5. The van der Waals surface area contributed by atoms with E-state index in [1.165, 1.54) is 0 Å². The van der Waals surface area contributed by atoms with Crippen LogP contribution in [0.2, 0.25) is 0 Å². The van der Waals surface area contributed by atoms with Gasteiger partial charge in [-0.3, -0.25) is 4.68 Å². The molecule has 1 aromatic heterocycles. The SMILES string of the molecule is Cn1ccc(OCCCN)n1. The van der Waals surface area contributed by atoms with Crippen molar-refractivity contribution >= 4 is 0 Å². The molecule has 0 aliphatic rings. The predicted octanol–water partition coefficient (Wildman–Crippen LogP) is 0.148. The first-order valence-corrected chi connectivity index (χ1v) is 3.65. The molecule has 0 bridgehead atoms. The minimum absolute atomic E-state index is 0.646. The summed E-state index contributed by atoms with van der Waals surface area (Å²) in [5.74, 6) is 0.668. The van der Waals surface area contributed by atoms with Crippen molar-refractivity contribution in [1.82, 2.24) is 9.78 Å². The predicted molar refractivity (Wildman–Crippen MR) is 42.4 cm³/mol. The molecular formula is C7H13N3O. The molecule has 1 rings (SSSR count). The summed E-state index contributed by atoms with van der Waals surface area (Å²) in [6.45, 7) is 1.31. The van der Waals surface area contributed by atoms with Crippen molar-refractivity contribution in [3.05, 3.63) is 12.3 Å². The number of aromatic nitrogens is 2. The molecule has 1 heterocycles. The zero-order chi connectivity index (χ0) is 8.10. The van der Waals surface area contributed by atoms with E-state index in [1.807, 2.05) is 19.3 Å². The van der Waals surface area contributed by atoms with Gasteiger partial charge in [0, 0.05) is 19.3 Å². The number of hydrogen-bond acceptors (Lipinski definition) is 3. The highest BCUT2D eigenvalue weighted by Gasteiger charge is 1.94. The third-order valence-corrected chi connectivity index (χ3v) is 1.29. The van der Waals surface area contributed by atoms with E-state index in [0.29, 0.717) is 19.0 Å². The van der Waals surface area contributed by atoms with Crippen LogP contribution in [0.25, 0.3) is 0 Å². The summed E-state index contributed by atoms with van der Waals surface area (Å²) in [5, 5.41) is 4.04. The molecule has 0 amide bonds. The van der Waals surface area contributed by atoms with Crippen molar-refractivity contribution in [2.45, 2.75) is 6.42 Å². The quantitative estimate of drug-likeness (QED) is 0.629. The molecule has 4 nitrogen and oxygen atoms in total. The van der Waals surface area contributed by atoms with Crippen LogP contribution in [0.5, 0.6) is 5.88 Å². The second-order valence-electron chi connectivity index (χ2n) is 2.32. The maximum absolute atomic E-state index is 5.29. The lowest BCUT2D eigenvalue weighted by Gasteiger charge is -1.98. The van der Waals surface area contributed by atoms with Crippen molar-refractivity contribution in [2.24, 2.45) is 12.8 Å². The molecule has 11 heavy (non-hydrogen) atoms. The fourth-order valence-corrected chi connectivity index (χ4v) is 0.731. The molecule has 0 fully saturated rings. The summed E-state index contributed by atoms with van der Waals surface area (Å²) in [7, 11) is 1.86. The Hall–Kier alpha value is -1.03. The number of hydrogen-bond donors (Lipinski definition) is 1. The van der Waals surface area contributed by atoms with Crippen molar-refractivity contribution in [3.63, 3.8) is 0 Å². The van der Waals surface area contributed by atoms with Gasteiger partial charge in [-0.15, -0.1) is 5.10 Å². The Morgan fingerprint density at radius 1 is 1.73 bits per heavy atom. The first-order chi connectivity index (χ1) is 5.33. The number of nitrogens with zero attached hydrogens (tertiary/aromatic N) is 2. The van der Waals surface area contributed by atoms with Crippen molar-refractivity contribution in [2.75, 3.05) is 13.2 Å². The Labute approximate surface area is 66.0 Å². The zero-order valence-corrected chi connectivity index (χ0v) is 6.66. The second-order valence-corrected chi connectivity index (χ2v) is 2.32. The van der Waals surface area contributed by atoms with Crippen LogP contribution in [-0.4, -0.2) is 22.9 Å². The molecule has 4 heteroatoms. The van der Waals surface area contributed by atoms with Crippen LogP contribution >= 0.6 is 0 Å². The average Bonchev–Trinajstić information content (AvgIpc) is 2.37. The maximum atomic E-state index is 5.29. The van der Waals surface area contributed by atoms with E-state index in [9.17, 15) is 0 Å². The van der Waals surface area contributed by atoms with Gasteiger partial charge >= 0.3 is 0 Å². The largest absolute Gasteiger partial charge is 0.477 e. The zero-order valence-electron chi connectivity index (χ0n) is 6.66. The molecule has 0 saturated heterocycles. The number of nitrogens with two attached hydrogens (primary N) is 1. The van der Waals surface area contributed by atoms with Crippen LogP contribution < -0.4 is 10.5 Å². The van der Waals surface area contributed by atoms with Crippen molar-refractivity contribution in [3.8, 4) is 5.88 Å². The molecule has 0 aromatic carbocycles. The third kappa shape index (κ3) is 2.59. The van der Waals surface area contributed by atoms with E-state index in [1.54, 1.807) is 4.68 Å². The molecule has 0 unspecified atom stereocenters. The first kappa shape index (κ1) is 8.07. The summed E-state index contributed by atoms with van der Waals surface area (Å²) < 4.78 is 6.96. The van der Waals surface area contributed by atoms with E-state index in [0.717, 1.165) is 6.42 Å². The van der Waals surface area contributed by atoms with Crippen LogP contribution in [-0.2, 0) is 7.05 Å². The lowest BCUT2D eigenvalue weighted by molar-refractivity contribution is 0.298. The van der Waals surface area contributed by atoms with E-state index in [2.05, 4.69) is 5.10 Å². The molecule has 0 aliphatic carbocycles. The fraction of sp³-hybridized carbons (Fsp3) is 0.571. The molecule has 0 radical (unpaired) electrons. The molecule has 0 spiro atoms. The van der Waals surface area contributed by atoms with Gasteiger partial charge in [-0.25, -0.2) is 0 Å². The summed E-state index contributed by atoms with van der Waals surface area (Å²) in [5.41, 5.74) is 5.29. The summed E-state index contributed by atoms with van der Waals surface area (Å²) in [6.07, 6.45) is 2.72. The normalized spacial score (nSPS) is 10.0. The van der Waals surface area contributed by atoms with E-state index >= 15 is 0 Å². The molecular weight excluding hydrogens is 142 g/mol. The highest BCUT2D eigenvalue weighted by molar-refractivity contribution is 5.04. The molecule has 0 aliphatic heterocycles. The minimum Gasteiger partial charge on any atom is -0.477 e. The summed E-state index contributed by atoms with van der Waals surface area (Å²) in [4.78, 5) is 0. The maximum Gasteiger partial charge on any atom is 0.232 e. The Morgan fingerprint density at radius 3 is 3.09 bits per heavy atom. The molecule has 0 atom stereocenters. The molecule has 1 aromatic rings. The molecule has 2 N–H and O–H groups in total. The van der Waals surface area contributed by atoms with Crippen LogP contribution in [0.4, 0.5) is 0 Å². The average molecular weight is 155 g/mol. The monoisotopic (exact) mass is 155 g/mol. The Bertz CT molecular complexity index is 209. The minimum atomic E-state index is 0.646. The second kappa shape index (κ2) is 3.98. The Morgan fingerprint density at radius 2 is 2.55 bits per heavy atom. The highest BCUT2D eigenvalue weighted by atomic mass is 16.5. The third-order valence-electron chi connectivity index (χ3n) is 1.29. The van der Waals surface area contributed by atoms with E-state index in [4.69, 9.17) is 10.5 Å². The van der Waals surface area contributed by atoms with E-state index < -0.39 is 0 Å². The Kier molecular flexibility index (Phi) is 2.92. The standard InChI is InChI=1S/C7H13N3O/c1-10-5-3-7(9-10)11-6-2-4-8/h3,5H,2,4,6,8H2,1H3. The van der Waals surface area contributed by atoms with Crippen molar-refractivity contribution in [1.29, 1.82) is 0 Å². The van der Waals surface area contributed by atoms with Gasteiger partial charge in [-0.2, -0.15) is 0 Å². The molecule has 0 saturated carbocycles. The lowest BCUT2D eigenvalue weighted by Crippen LogP contribution is -2.06. The van der Waals surface area contributed by atoms with Crippen LogP contribution in [0.3, 0.4) is 0 Å². The van der Waals surface area contributed by atoms with E-state index in [-0.39, 0.29) is 0 Å². The van der Waals surface area contributed by atoms with Gasteiger partial charge in [0.2, 0.25) is 5.88 Å². The van der Waals surface area contributed by atoms with Gasteiger partial charge < -0.3 is 10.5 Å². The topological polar surface area (TPSA) is 53.1 Å². The van der Waals surface area contributed by atoms with Crippen LogP contribution in [0.1, 0.15) is 6.42 Å². The fourth-order valence-electron chi connectivity index (χ4n) is 0.731. The van der Waals surface area contributed by atoms with Crippen molar-refractivity contribution < 1.29 is 4.74 Å². The number of ether oxygens (including phenoxy) is 1. The van der Waals surface area contributed by atoms with Gasteiger partial charge in [0.1, 0.15) is 0 Å². The van der Waals surface area contributed by atoms with Gasteiger partial charge in [-0.05, 0) is 13.0 Å². The summed E-state index contributed by atoms with van der Waals surface area (Å²) >= 11 is 0. The smallest absolute Gasteiger partial charge is 0.232 e. The highest BCUT2D eigenvalue weighted by Crippen LogP contribution is 2.03. The summed E-state index contributed by atoms with van der Waals surface area (Å²) in [6, 6.07) is 1.83. The van der Waals surface area contributed by atoms with Gasteiger partial charge in [-0.1, -0.05) is 0 Å². The Balaban J connectivity index is 2.27. The van der Waals surface area contributed by atoms with Gasteiger partial charge in [0.25, 0.3) is 0 Å². The number of rotatable bonds is 4. The van der Waals surface area contributed by atoms with Crippen LogP contribution in [0.15, 0.2) is 12.3 Å². The van der Waals surface area contributed by atoms with Gasteiger partial charge in [0.15, 0.2) is 0 Å². The first-order valence-electron chi connectivity index (χ1n) is 3.65. The van der Waals surface area contributed by atoms with Gasteiger partial charge in [0.05, 0.1) is 6.61 Å².